The van der Waals surface area contributed by atoms with Crippen LogP contribution in [0.15, 0.2) is 21.6 Å². The minimum absolute atomic E-state index is 0.404. The van der Waals surface area contributed by atoms with E-state index < -0.39 is 0 Å². The highest BCUT2D eigenvalue weighted by Crippen LogP contribution is 2.34. The third-order valence-electron chi connectivity index (χ3n) is 4.41. The lowest BCUT2D eigenvalue weighted by Gasteiger charge is -2.19. The molecular formula is C16H25NO2S. The molecule has 2 heterocycles. The van der Waals surface area contributed by atoms with Crippen molar-refractivity contribution in [1.29, 1.82) is 0 Å². The molecule has 1 aliphatic carbocycles. The second kappa shape index (κ2) is 7.01. The SMILES string of the molecule is CO[C@H]1CCN(Cc2ccc(SC3CCCCC3)o2)C1. The number of likely N-dealkylation sites (tertiary alicyclic amines) is 1. The van der Waals surface area contributed by atoms with Crippen LogP contribution in [0.2, 0.25) is 0 Å². The summed E-state index contributed by atoms with van der Waals surface area (Å²) in [6.07, 6.45) is 8.43. The number of rotatable bonds is 5. The molecular weight excluding hydrogens is 270 g/mol. The van der Waals surface area contributed by atoms with Crippen molar-refractivity contribution < 1.29 is 9.15 Å². The summed E-state index contributed by atoms with van der Waals surface area (Å²) in [5.74, 6) is 1.10. The van der Waals surface area contributed by atoms with E-state index in [9.17, 15) is 0 Å². The van der Waals surface area contributed by atoms with Crippen LogP contribution in [-0.4, -0.2) is 36.5 Å². The number of thioether (sulfide) groups is 1. The molecule has 0 spiro atoms. The van der Waals surface area contributed by atoms with Crippen molar-refractivity contribution in [3.63, 3.8) is 0 Å². The van der Waals surface area contributed by atoms with Crippen LogP contribution in [0.3, 0.4) is 0 Å². The predicted octanol–water partition coefficient (Wildman–Crippen LogP) is 3.93. The van der Waals surface area contributed by atoms with Crippen molar-refractivity contribution in [1.82, 2.24) is 4.90 Å². The molecule has 1 saturated heterocycles. The van der Waals surface area contributed by atoms with Gasteiger partial charge in [-0.1, -0.05) is 31.0 Å². The van der Waals surface area contributed by atoms with E-state index in [1.807, 2.05) is 11.8 Å². The van der Waals surface area contributed by atoms with Gasteiger partial charge >= 0.3 is 0 Å². The van der Waals surface area contributed by atoms with Gasteiger partial charge in [-0.25, -0.2) is 0 Å². The maximum atomic E-state index is 6.00. The predicted molar refractivity (Wildman–Crippen MR) is 82.1 cm³/mol. The largest absolute Gasteiger partial charge is 0.454 e. The molecule has 1 aromatic rings. The van der Waals surface area contributed by atoms with Crippen LogP contribution < -0.4 is 0 Å². The molecule has 1 atom stereocenters. The lowest BCUT2D eigenvalue weighted by atomic mass is 10.0. The van der Waals surface area contributed by atoms with E-state index in [-0.39, 0.29) is 0 Å². The summed E-state index contributed by atoms with van der Waals surface area (Å²) in [5.41, 5.74) is 0. The van der Waals surface area contributed by atoms with Crippen molar-refractivity contribution >= 4 is 11.8 Å². The molecule has 1 aliphatic heterocycles. The Balaban J connectivity index is 1.49. The third kappa shape index (κ3) is 3.80. The first-order chi connectivity index (χ1) is 9.83. The van der Waals surface area contributed by atoms with Crippen molar-refractivity contribution in [3.05, 3.63) is 17.9 Å². The van der Waals surface area contributed by atoms with Gasteiger partial charge in [-0.3, -0.25) is 4.90 Å². The first-order valence-corrected chi connectivity index (χ1v) is 8.72. The van der Waals surface area contributed by atoms with Crippen LogP contribution >= 0.6 is 11.8 Å². The molecule has 0 aromatic carbocycles. The van der Waals surface area contributed by atoms with E-state index in [1.54, 1.807) is 7.11 Å². The molecule has 3 rings (SSSR count). The Morgan fingerprint density at radius 1 is 1.25 bits per heavy atom. The molecule has 0 radical (unpaired) electrons. The summed E-state index contributed by atoms with van der Waals surface area (Å²) < 4.78 is 11.4. The lowest BCUT2D eigenvalue weighted by molar-refractivity contribution is 0.106. The topological polar surface area (TPSA) is 25.6 Å². The van der Waals surface area contributed by atoms with Gasteiger partial charge < -0.3 is 9.15 Å². The first-order valence-electron chi connectivity index (χ1n) is 7.84. The number of hydrogen-bond acceptors (Lipinski definition) is 4. The zero-order valence-corrected chi connectivity index (χ0v) is 13.2. The van der Waals surface area contributed by atoms with Crippen molar-refractivity contribution in [2.24, 2.45) is 0 Å². The van der Waals surface area contributed by atoms with Crippen LogP contribution in [0, 0.1) is 0 Å². The second-order valence-electron chi connectivity index (χ2n) is 5.98. The molecule has 20 heavy (non-hydrogen) atoms. The average Bonchev–Trinajstić information content (AvgIpc) is 3.10. The van der Waals surface area contributed by atoms with Crippen LogP contribution in [0.1, 0.15) is 44.3 Å². The minimum Gasteiger partial charge on any atom is -0.454 e. The number of methoxy groups -OCH3 is 1. The summed E-state index contributed by atoms with van der Waals surface area (Å²) in [5, 5.41) is 1.88. The zero-order valence-electron chi connectivity index (χ0n) is 12.3. The Labute approximate surface area is 126 Å². The Morgan fingerprint density at radius 2 is 2.10 bits per heavy atom. The quantitative estimate of drug-likeness (QED) is 0.822. The molecule has 112 valence electrons. The van der Waals surface area contributed by atoms with Gasteiger partial charge in [0.2, 0.25) is 0 Å². The highest BCUT2D eigenvalue weighted by Gasteiger charge is 2.23. The summed E-state index contributed by atoms with van der Waals surface area (Å²) >= 11 is 1.94. The second-order valence-corrected chi connectivity index (χ2v) is 7.28. The molecule has 2 fully saturated rings. The highest BCUT2D eigenvalue weighted by molar-refractivity contribution is 7.99. The summed E-state index contributed by atoms with van der Waals surface area (Å²) in [4.78, 5) is 2.42. The van der Waals surface area contributed by atoms with Crippen molar-refractivity contribution in [2.75, 3.05) is 20.2 Å². The van der Waals surface area contributed by atoms with Gasteiger partial charge in [-0.15, -0.1) is 0 Å². The van der Waals surface area contributed by atoms with Crippen molar-refractivity contribution in [3.8, 4) is 0 Å². The van der Waals surface area contributed by atoms with E-state index in [0.717, 1.165) is 42.2 Å². The van der Waals surface area contributed by atoms with Gasteiger partial charge in [0.05, 0.1) is 12.6 Å². The van der Waals surface area contributed by atoms with Crippen LogP contribution in [0.4, 0.5) is 0 Å². The lowest BCUT2D eigenvalue weighted by Crippen LogP contribution is -2.22. The average molecular weight is 295 g/mol. The Morgan fingerprint density at radius 3 is 2.85 bits per heavy atom. The smallest absolute Gasteiger partial charge is 0.160 e. The van der Waals surface area contributed by atoms with E-state index in [0.29, 0.717) is 6.10 Å². The molecule has 0 amide bonds. The number of hydrogen-bond donors (Lipinski definition) is 0. The zero-order chi connectivity index (χ0) is 13.8. The van der Waals surface area contributed by atoms with Crippen molar-refractivity contribution in [2.45, 2.75) is 61.5 Å². The maximum Gasteiger partial charge on any atom is 0.160 e. The van der Waals surface area contributed by atoms with E-state index in [1.165, 1.54) is 32.1 Å². The summed E-state index contributed by atoms with van der Waals surface area (Å²) in [7, 11) is 1.81. The fraction of sp³-hybridized carbons (Fsp3) is 0.750. The van der Waals surface area contributed by atoms with Gasteiger partial charge in [0.15, 0.2) is 5.09 Å². The number of ether oxygens (including phenoxy) is 1. The van der Waals surface area contributed by atoms with Gasteiger partial charge in [0.1, 0.15) is 5.76 Å². The number of furan rings is 1. The maximum absolute atomic E-state index is 6.00. The monoisotopic (exact) mass is 295 g/mol. The Hall–Kier alpha value is -0.450. The molecule has 0 bridgehead atoms. The van der Waals surface area contributed by atoms with Crippen LogP contribution in [0.25, 0.3) is 0 Å². The van der Waals surface area contributed by atoms with E-state index in [4.69, 9.17) is 9.15 Å². The molecule has 3 nitrogen and oxygen atoms in total. The standard InChI is InChI=1S/C16H25NO2S/c1-18-13-9-10-17(11-13)12-14-7-8-16(19-14)20-15-5-3-2-4-6-15/h7-8,13,15H,2-6,9-12H2,1H3/t13-/m0/s1. The molecule has 1 saturated carbocycles. The fourth-order valence-corrected chi connectivity index (χ4v) is 4.41. The third-order valence-corrected chi connectivity index (χ3v) is 5.67. The van der Waals surface area contributed by atoms with Gasteiger partial charge in [0.25, 0.3) is 0 Å². The minimum atomic E-state index is 0.404. The molecule has 0 N–H and O–H groups in total. The van der Waals surface area contributed by atoms with Gasteiger partial charge in [-0.05, 0) is 31.4 Å². The van der Waals surface area contributed by atoms with Gasteiger partial charge in [0, 0.05) is 25.4 Å². The Kier molecular flexibility index (Phi) is 5.08. The van der Waals surface area contributed by atoms with Crippen LogP contribution in [-0.2, 0) is 11.3 Å². The molecule has 0 unspecified atom stereocenters. The van der Waals surface area contributed by atoms with Gasteiger partial charge in [-0.2, -0.15) is 0 Å². The van der Waals surface area contributed by atoms with E-state index in [2.05, 4.69) is 17.0 Å². The fourth-order valence-electron chi connectivity index (χ4n) is 3.21. The summed E-state index contributed by atoms with van der Waals surface area (Å²) in [6, 6.07) is 4.30. The first kappa shape index (κ1) is 14.5. The Bertz CT molecular complexity index is 414. The highest BCUT2D eigenvalue weighted by atomic mass is 32.2. The van der Waals surface area contributed by atoms with Crippen LogP contribution in [0.5, 0.6) is 0 Å². The normalized spacial score (nSPS) is 25.4. The number of nitrogens with zero attached hydrogens (tertiary/aromatic N) is 1. The van der Waals surface area contributed by atoms with E-state index >= 15 is 0 Å². The molecule has 2 aliphatic rings. The summed E-state index contributed by atoms with van der Waals surface area (Å²) in [6.45, 7) is 3.07. The molecule has 1 aromatic heterocycles. The molecule has 4 heteroatoms.